The molecule has 0 fully saturated rings. The molecule has 0 atom stereocenters. The highest BCUT2D eigenvalue weighted by atomic mass is 19.4. The molecule has 3 nitrogen and oxygen atoms in total. The molecule has 1 aromatic carbocycles. The van der Waals surface area contributed by atoms with Gasteiger partial charge >= 0.3 is 11.8 Å². The molecule has 86 valence electrons. The highest BCUT2D eigenvalue weighted by molar-refractivity contribution is 5.82. The van der Waals surface area contributed by atoms with Crippen LogP contribution in [0.2, 0.25) is 0 Å². The van der Waals surface area contributed by atoms with E-state index in [1.807, 2.05) is 0 Å². The number of benzene rings is 1. The van der Waals surface area contributed by atoms with Crippen molar-refractivity contribution in [1.82, 2.24) is 4.98 Å². The predicted molar refractivity (Wildman–Crippen MR) is 54.3 cm³/mol. The number of rotatable bonds is 1. The Morgan fingerprint density at radius 2 is 1.76 bits per heavy atom. The average molecular weight is 237 g/mol. The lowest BCUT2D eigenvalue weighted by molar-refractivity contribution is -0.166. The maximum absolute atomic E-state index is 12.8. The molecule has 0 spiro atoms. The van der Waals surface area contributed by atoms with Gasteiger partial charge in [0.15, 0.2) is 0 Å². The first kappa shape index (κ1) is 10.2. The van der Waals surface area contributed by atoms with Crippen molar-refractivity contribution < 1.29 is 13.2 Å². The van der Waals surface area contributed by atoms with Gasteiger partial charge in [0.05, 0.1) is 0 Å². The van der Waals surface area contributed by atoms with Crippen LogP contribution < -0.4 is 0 Å². The minimum Gasteiger partial charge on any atom is -0.264 e. The minimum absolute atomic E-state index is 0.0451. The summed E-state index contributed by atoms with van der Waals surface area (Å²) in [5.41, 5.74) is -2.30. The Balaban J connectivity index is 2.14. The van der Waals surface area contributed by atoms with Crippen LogP contribution in [0.25, 0.3) is 10.8 Å². The van der Waals surface area contributed by atoms with E-state index in [1.165, 1.54) is 18.3 Å². The smallest absolute Gasteiger partial charge is 0.264 e. The van der Waals surface area contributed by atoms with Crippen molar-refractivity contribution in [3.63, 3.8) is 0 Å². The Bertz CT molecular complexity index is 613. The second-order valence-electron chi connectivity index (χ2n) is 3.81. The first-order chi connectivity index (χ1) is 8.03. The van der Waals surface area contributed by atoms with Crippen LogP contribution in [-0.4, -0.2) is 11.2 Å². The van der Waals surface area contributed by atoms with E-state index in [9.17, 15) is 13.2 Å². The van der Waals surface area contributed by atoms with Gasteiger partial charge in [0.25, 0.3) is 0 Å². The molecular formula is C11H6F3N3. The molecule has 2 aromatic rings. The predicted octanol–water partition coefficient (Wildman–Crippen LogP) is 3.42. The SMILES string of the molecule is FC(F)(F)C1(c2ccc3cnccc3c2)N=N1. The molecule has 0 bridgehead atoms. The summed E-state index contributed by atoms with van der Waals surface area (Å²) in [4.78, 5) is 3.90. The fraction of sp³-hybridized carbons (Fsp3) is 0.182. The van der Waals surface area contributed by atoms with Gasteiger partial charge in [-0.1, -0.05) is 12.1 Å². The summed E-state index contributed by atoms with van der Waals surface area (Å²) >= 11 is 0. The standard InChI is InChI=1S/C11H6F3N3/c12-11(13,14)10(16-17-10)9-2-1-8-6-15-4-3-7(8)5-9/h1-6H. The molecule has 6 heteroatoms. The fourth-order valence-electron chi connectivity index (χ4n) is 1.74. The molecule has 0 saturated heterocycles. The molecule has 1 aliphatic rings. The van der Waals surface area contributed by atoms with E-state index in [-0.39, 0.29) is 5.56 Å². The van der Waals surface area contributed by atoms with E-state index in [2.05, 4.69) is 15.2 Å². The van der Waals surface area contributed by atoms with Crippen molar-refractivity contribution in [2.24, 2.45) is 10.2 Å². The summed E-state index contributed by atoms with van der Waals surface area (Å²) in [5.74, 6) is 0. The number of fused-ring (bicyclic) bond motifs is 1. The third-order valence-corrected chi connectivity index (χ3v) is 2.74. The first-order valence-corrected chi connectivity index (χ1v) is 4.88. The second-order valence-corrected chi connectivity index (χ2v) is 3.81. The van der Waals surface area contributed by atoms with Gasteiger partial charge in [0.1, 0.15) is 0 Å². The van der Waals surface area contributed by atoms with E-state index in [0.717, 1.165) is 5.39 Å². The second kappa shape index (κ2) is 3.03. The lowest BCUT2D eigenvalue weighted by atomic mass is 10.00. The van der Waals surface area contributed by atoms with Crippen LogP contribution >= 0.6 is 0 Å². The number of pyridine rings is 1. The van der Waals surface area contributed by atoms with E-state index in [4.69, 9.17) is 0 Å². The summed E-state index contributed by atoms with van der Waals surface area (Å²) in [6.07, 6.45) is -1.35. The zero-order chi connectivity index (χ0) is 12.1. The van der Waals surface area contributed by atoms with Crippen LogP contribution in [0.3, 0.4) is 0 Å². The fourth-order valence-corrected chi connectivity index (χ4v) is 1.74. The summed E-state index contributed by atoms with van der Waals surface area (Å²) in [5, 5.41) is 7.81. The van der Waals surface area contributed by atoms with Crippen molar-refractivity contribution in [3.05, 3.63) is 42.2 Å². The quantitative estimate of drug-likeness (QED) is 0.748. The van der Waals surface area contributed by atoms with Crippen molar-refractivity contribution in [1.29, 1.82) is 0 Å². The molecule has 17 heavy (non-hydrogen) atoms. The molecule has 0 radical (unpaired) electrons. The molecule has 0 N–H and O–H groups in total. The third kappa shape index (κ3) is 1.40. The summed E-state index contributed by atoms with van der Waals surface area (Å²) in [6.45, 7) is 0. The summed E-state index contributed by atoms with van der Waals surface area (Å²) in [6, 6.07) is 6.09. The molecule has 0 saturated carbocycles. The van der Waals surface area contributed by atoms with Gasteiger partial charge in [-0.15, -0.1) is 10.2 Å². The first-order valence-electron chi connectivity index (χ1n) is 4.88. The Kier molecular flexibility index (Phi) is 1.81. The number of aromatic nitrogens is 1. The molecule has 0 aliphatic carbocycles. The molecule has 1 aromatic heterocycles. The van der Waals surface area contributed by atoms with Crippen LogP contribution in [0.1, 0.15) is 5.56 Å². The number of nitrogens with zero attached hydrogens (tertiary/aromatic N) is 3. The maximum atomic E-state index is 12.8. The van der Waals surface area contributed by atoms with Crippen molar-refractivity contribution in [2.45, 2.75) is 11.8 Å². The van der Waals surface area contributed by atoms with Gasteiger partial charge in [-0.3, -0.25) is 4.98 Å². The van der Waals surface area contributed by atoms with Crippen molar-refractivity contribution >= 4 is 10.8 Å². The molecule has 3 rings (SSSR count). The molecule has 1 aliphatic heterocycles. The lowest BCUT2D eigenvalue weighted by Gasteiger charge is -2.15. The summed E-state index contributed by atoms with van der Waals surface area (Å²) in [7, 11) is 0. The normalized spacial score (nSPS) is 17.4. The molecule has 2 heterocycles. The van der Waals surface area contributed by atoms with Crippen molar-refractivity contribution in [2.75, 3.05) is 0 Å². The lowest BCUT2D eigenvalue weighted by Crippen LogP contribution is -2.29. The van der Waals surface area contributed by atoms with Crippen LogP contribution in [0.4, 0.5) is 13.2 Å². The minimum atomic E-state index is -4.48. The topological polar surface area (TPSA) is 37.6 Å². The Morgan fingerprint density at radius 1 is 1.00 bits per heavy atom. The zero-order valence-electron chi connectivity index (χ0n) is 8.44. The monoisotopic (exact) mass is 237 g/mol. The van der Waals surface area contributed by atoms with E-state index < -0.39 is 11.8 Å². The van der Waals surface area contributed by atoms with Gasteiger partial charge < -0.3 is 0 Å². The number of hydrogen-bond donors (Lipinski definition) is 0. The van der Waals surface area contributed by atoms with Crippen molar-refractivity contribution in [3.8, 4) is 0 Å². The Labute approximate surface area is 94.0 Å². The van der Waals surface area contributed by atoms with E-state index in [1.54, 1.807) is 18.3 Å². The van der Waals surface area contributed by atoms with Gasteiger partial charge in [-0.25, -0.2) is 0 Å². The number of hydrogen-bond acceptors (Lipinski definition) is 3. The summed E-state index contributed by atoms with van der Waals surface area (Å²) < 4.78 is 38.3. The molecule has 0 unspecified atom stereocenters. The Hall–Kier alpha value is -1.98. The highest BCUT2D eigenvalue weighted by Crippen LogP contribution is 2.52. The third-order valence-electron chi connectivity index (χ3n) is 2.74. The average Bonchev–Trinajstić information content (AvgIpc) is 3.09. The number of alkyl halides is 3. The van der Waals surface area contributed by atoms with Crippen LogP contribution in [0.15, 0.2) is 46.9 Å². The van der Waals surface area contributed by atoms with Crippen LogP contribution in [-0.2, 0) is 5.66 Å². The molecule has 0 amide bonds. The largest absolute Gasteiger partial charge is 0.442 e. The van der Waals surface area contributed by atoms with Gasteiger partial charge in [0.2, 0.25) is 0 Å². The van der Waals surface area contributed by atoms with Crippen LogP contribution in [0.5, 0.6) is 0 Å². The van der Waals surface area contributed by atoms with E-state index in [0.29, 0.717) is 5.39 Å². The highest BCUT2D eigenvalue weighted by Gasteiger charge is 2.65. The van der Waals surface area contributed by atoms with Gasteiger partial charge in [-0.05, 0) is 17.5 Å². The van der Waals surface area contributed by atoms with Gasteiger partial charge in [0, 0.05) is 23.3 Å². The molecular weight excluding hydrogens is 231 g/mol. The Morgan fingerprint density at radius 3 is 2.41 bits per heavy atom. The van der Waals surface area contributed by atoms with Gasteiger partial charge in [-0.2, -0.15) is 13.2 Å². The zero-order valence-corrected chi connectivity index (χ0v) is 8.44. The maximum Gasteiger partial charge on any atom is 0.442 e. The van der Waals surface area contributed by atoms with Crippen LogP contribution in [0, 0.1) is 0 Å². The van der Waals surface area contributed by atoms with E-state index >= 15 is 0 Å². The number of halogens is 3.